The fraction of sp³-hybridized carbons (Fsp3) is 0.417. The first-order valence-electron chi connectivity index (χ1n) is 5.45. The molecule has 0 aliphatic carbocycles. The molecule has 4 nitrogen and oxygen atoms in total. The first kappa shape index (κ1) is 13.9. The lowest BCUT2D eigenvalue weighted by Crippen LogP contribution is -2.34. The second kappa shape index (κ2) is 6.51. The SMILES string of the molecule is CSCC(C)NC(=O)c1cc(C)ccc1NN. The second-order valence-electron chi connectivity index (χ2n) is 4.02. The molecule has 1 rings (SSSR count). The zero-order chi connectivity index (χ0) is 12.8. The number of nitrogens with two attached hydrogens (primary N) is 1. The lowest BCUT2D eigenvalue weighted by molar-refractivity contribution is 0.0944. The zero-order valence-electron chi connectivity index (χ0n) is 10.4. The minimum atomic E-state index is -0.0943. The maximum atomic E-state index is 12.0. The molecule has 0 saturated heterocycles. The third-order valence-electron chi connectivity index (χ3n) is 2.37. The summed E-state index contributed by atoms with van der Waals surface area (Å²) < 4.78 is 0. The fourth-order valence-corrected chi connectivity index (χ4v) is 2.15. The summed E-state index contributed by atoms with van der Waals surface area (Å²) in [5.41, 5.74) is 4.80. The van der Waals surface area contributed by atoms with Gasteiger partial charge in [0.2, 0.25) is 0 Å². The molecule has 0 heterocycles. The van der Waals surface area contributed by atoms with Gasteiger partial charge in [-0.3, -0.25) is 10.6 Å². The molecular weight excluding hydrogens is 234 g/mol. The van der Waals surface area contributed by atoms with Gasteiger partial charge >= 0.3 is 0 Å². The van der Waals surface area contributed by atoms with Crippen LogP contribution in [0.5, 0.6) is 0 Å². The Morgan fingerprint density at radius 3 is 2.82 bits per heavy atom. The van der Waals surface area contributed by atoms with Crippen LogP contribution >= 0.6 is 11.8 Å². The van der Waals surface area contributed by atoms with Gasteiger partial charge in [-0.2, -0.15) is 11.8 Å². The Labute approximate surface area is 106 Å². The summed E-state index contributed by atoms with van der Waals surface area (Å²) in [5, 5.41) is 2.94. The number of hydrogen-bond acceptors (Lipinski definition) is 4. The van der Waals surface area contributed by atoms with Crippen LogP contribution in [0.2, 0.25) is 0 Å². The maximum absolute atomic E-state index is 12.0. The van der Waals surface area contributed by atoms with Gasteiger partial charge in [-0.15, -0.1) is 0 Å². The predicted octanol–water partition coefficient (Wildman–Crippen LogP) is 1.76. The molecule has 0 aromatic heterocycles. The quantitative estimate of drug-likeness (QED) is 0.552. The Morgan fingerprint density at radius 2 is 2.24 bits per heavy atom. The van der Waals surface area contributed by atoms with Crippen LogP contribution in [-0.2, 0) is 0 Å². The molecule has 94 valence electrons. The Balaban J connectivity index is 2.83. The van der Waals surface area contributed by atoms with Gasteiger partial charge in [0.25, 0.3) is 5.91 Å². The Kier molecular flexibility index (Phi) is 5.31. The molecule has 1 atom stereocenters. The van der Waals surface area contributed by atoms with E-state index in [0.29, 0.717) is 11.3 Å². The van der Waals surface area contributed by atoms with E-state index in [0.717, 1.165) is 11.3 Å². The van der Waals surface area contributed by atoms with Crippen molar-refractivity contribution >= 4 is 23.4 Å². The molecule has 1 amide bonds. The summed E-state index contributed by atoms with van der Waals surface area (Å²) in [4.78, 5) is 12.0. The van der Waals surface area contributed by atoms with Crippen LogP contribution in [0.4, 0.5) is 5.69 Å². The molecule has 5 heteroatoms. The van der Waals surface area contributed by atoms with Gasteiger partial charge in [0, 0.05) is 11.8 Å². The molecule has 4 N–H and O–H groups in total. The van der Waals surface area contributed by atoms with Gasteiger partial charge in [-0.05, 0) is 32.2 Å². The topological polar surface area (TPSA) is 67.2 Å². The van der Waals surface area contributed by atoms with Crippen molar-refractivity contribution in [2.24, 2.45) is 5.84 Å². The molecule has 0 aliphatic heterocycles. The highest BCUT2D eigenvalue weighted by atomic mass is 32.2. The van der Waals surface area contributed by atoms with Crippen molar-refractivity contribution < 1.29 is 4.79 Å². The third kappa shape index (κ3) is 3.94. The number of aryl methyl sites for hydroxylation is 1. The van der Waals surface area contributed by atoms with E-state index in [2.05, 4.69) is 10.7 Å². The molecule has 0 aliphatic rings. The van der Waals surface area contributed by atoms with Crippen LogP contribution in [0.15, 0.2) is 18.2 Å². The number of hydrogen-bond donors (Lipinski definition) is 3. The van der Waals surface area contributed by atoms with Crippen LogP contribution in [-0.4, -0.2) is 24.0 Å². The van der Waals surface area contributed by atoms with Crippen LogP contribution in [0.1, 0.15) is 22.8 Å². The van der Waals surface area contributed by atoms with Crippen molar-refractivity contribution in [2.45, 2.75) is 19.9 Å². The fourth-order valence-electron chi connectivity index (χ4n) is 1.57. The highest BCUT2D eigenvalue weighted by Gasteiger charge is 2.13. The monoisotopic (exact) mass is 253 g/mol. The zero-order valence-corrected chi connectivity index (χ0v) is 11.2. The van der Waals surface area contributed by atoms with E-state index in [4.69, 9.17) is 5.84 Å². The number of nitrogens with one attached hydrogen (secondary N) is 2. The highest BCUT2D eigenvalue weighted by molar-refractivity contribution is 7.98. The van der Waals surface area contributed by atoms with E-state index in [1.165, 1.54) is 0 Å². The number of hydrazine groups is 1. The molecular formula is C12H19N3OS. The standard InChI is InChI=1S/C12H19N3OS/c1-8-4-5-11(15-13)10(6-8)12(16)14-9(2)7-17-3/h4-6,9,15H,7,13H2,1-3H3,(H,14,16). The largest absolute Gasteiger partial charge is 0.349 e. The van der Waals surface area contributed by atoms with Crippen LogP contribution in [0.3, 0.4) is 0 Å². The van der Waals surface area contributed by atoms with Crippen LogP contribution in [0, 0.1) is 6.92 Å². The number of anilines is 1. The van der Waals surface area contributed by atoms with Gasteiger partial charge in [0.1, 0.15) is 0 Å². The van der Waals surface area contributed by atoms with E-state index in [1.54, 1.807) is 11.8 Å². The summed E-state index contributed by atoms with van der Waals surface area (Å²) in [7, 11) is 0. The van der Waals surface area contributed by atoms with Crippen molar-refractivity contribution in [3.8, 4) is 0 Å². The van der Waals surface area contributed by atoms with Crippen molar-refractivity contribution in [3.63, 3.8) is 0 Å². The van der Waals surface area contributed by atoms with E-state index < -0.39 is 0 Å². The summed E-state index contributed by atoms with van der Waals surface area (Å²) in [6, 6.07) is 5.69. The normalized spacial score (nSPS) is 12.0. The summed E-state index contributed by atoms with van der Waals surface area (Å²) in [5.74, 6) is 6.19. The van der Waals surface area contributed by atoms with E-state index >= 15 is 0 Å². The van der Waals surface area contributed by atoms with E-state index in [1.807, 2.05) is 38.3 Å². The van der Waals surface area contributed by atoms with Crippen LogP contribution < -0.4 is 16.6 Å². The number of benzene rings is 1. The molecule has 0 fully saturated rings. The Bertz CT molecular complexity index is 395. The number of nitrogen functional groups attached to an aromatic ring is 1. The van der Waals surface area contributed by atoms with Gasteiger partial charge in [0.15, 0.2) is 0 Å². The number of carbonyl (C=O) groups excluding carboxylic acids is 1. The predicted molar refractivity (Wildman–Crippen MR) is 74.3 cm³/mol. The molecule has 1 aromatic rings. The lowest BCUT2D eigenvalue weighted by atomic mass is 10.1. The molecule has 1 aromatic carbocycles. The summed E-state index contributed by atoms with van der Waals surface area (Å²) >= 11 is 1.70. The van der Waals surface area contributed by atoms with Crippen molar-refractivity contribution in [3.05, 3.63) is 29.3 Å². The Morgan fingerprint density at radius 1 is 1.53 bits per heavy atom. The number of amides is 1. The average molecular weight is 253 g/mol. The average Bonchev–Trinajstić information content (AvgIpc) is 2.29. The van der Waals surface area contributed by atoms with Gasteiger partial charge in [0.05, 0.1) is 11.3 Å². The van der Waals surface area contributed by atoms with E-state index in [9.17, 15) is 4.79 Å². The maximum Gasteiger partial charge on any atom is 0.253 e. The van der Waals surface area contributed by atoms with E-state index in [-0.39, 0.29) is 11.9 Å². The molecule has 0 bridgehead atoms. The van der Waals surface area contributed by atoms with Gasteiger partial charge in [-0.25, -0.2) is 0 Å². The van der Waals surface area contributed by atoms with Gasteiger partial charge < -0.3 is 10.7 Å². The lowest BCUT2D eigenvalue weighted by Gasteiger charge is -2.15. The summed E-state index contributed by atoms with van der Waals surface area (Å²) in [6.45, 7) is 3.93. The molecule has 1 unspecified atom stereocenters. The highest BCUT2D eigenvalue weighted by Crippen LogP contribution is 2.16. The minimum absolute atomic E-state index is 0.0943. The van der Waals surface area contributed by atoms with Crippen molar-refractivity contribution in [1.82, 2.24) is 5.32 Å². The number of rotatable bonds is 5. The smallest absolute Gasteiger partial charge is 0.253 e. The molecule has 17 heavy (non-hydrogen) atoms. The van der Waals surface area contributed by atoms with Crippen molar-refractivity contribution in [1.29, 1.82) is 0 Å². The second-order valence-corrected chi connectivity index (χ2v) is 4.93. The summed E-state index contributed by atoms with van der Waals surface area (Å²) in [6.07, 6.45) is 2.02. The first-order chi connectivity index (χ1) is 8.08. The number of thioether (sulfide) groups is 1. The van der Waals surface area contributed by atoms with Gasteiger partial charge in [-0.1, -0.05) is 11.6 Å². The molecule has 0 radical (unpaired) electrons. The third-order valence-corrected chi connectivity index (χ3v) is 3.20. The molecule has 0 saturated carbocycles. The van der Waals surface area contributed by atoms with Crippen LogP contribution in [0.25, 0.3) is 0 Å². The molecule has 0 spiro atoms. The van der Waals surface area contributed by atoms with Crippen molar-refractivity contribution in [2.75, 3.05) is 17.4 Å². The minimum Gasteiger partial charge on any atom is -0.349 e. The first-order valence-corrected chi connectivity index (χ1v) is 6.85. The number of carbonyl (C=O) groups is 1. The Hall–Kier alpha value is -1.20.